The molecule has 2 saturated heterocycles. The molecule has 0 aliphatic carbocycles. The van der Waals surface area contributed by atoms with Crippen LogP contribution in [0.15, 0.2) is 77.7 Å². The molecule has 3 aromatic carbocycles. The minimum absolute atomic E-state index is 0.0209. The van der Waals surface area contributed by atoms with Gasteiger partial charge in [0.2, 0.25) is 23.3 Å². The zero-order chi connectivity index (χ0) is 48.4. The summed E-state index contributed by atoms with van der Waals surface area (Å²) in [6.45, 7) is 11.7. The molecule has 1 unspecified atom stereocenters. The number of H-pyrrole nitrogens is 1. The lowest BCUT2D eigenvalue weighted by molar-refractivity contribution is -0.138. The van der Waals surface area contributed by atoms with Crippen LogP contribution in [0.5, 0.6) is 0 Å². The molecule has 3 aliphatic rings. The first-order chi connectivity index (χ1) is 32.0. The topological polar surface area (TPSA) is 222 Å². The summed E-state index contributed by atoms with van der Waals surface area (Å²) in [5.41, 5.74) is 6.42. The van der Waals surface area contributed by atoms with Crippen molar-refractivity contribution in [2.45, 2.75) is 51.9 Å². The number of benzene rings is 3. The quantitative estimate of drug-likeness (QED) is 0.0737. The molecule has 7 N–H and O–H groups in total. The van der Waals surface area contributed by atoms with E-state index in [-0.39, 0.29) is 54.2 Å². The van der Waals surface area contributed by atoms with Gasteiger partial charge in [-0.3, -0.25) is 53.6 Å². The van der Waals surface area contributed by atoms with Crippen molar-refractivity contribution in [2.75, 3.05) is 82.3 Å². The maximum absolute atomic E-state index is 13.6. The summed E-state index contributed by atoms with van der Waals surface area (Å²) in [7, 11) is 2.11. The number of carbonyl (C=O) groups is 6. The molecule has 0 saturated carbocycles. The third-order valence-electron chi connectivity index (χ3n) is 11.9. The number of aromatic amines is 1. The van der Waals surface area contributed by atoms with E-state index in [9.17, 15) is 46.7 Å². The zero-order valence-electron chi connectivity index (χ0n) is 37.6. The number of nitrogen functional groups attached to an aromatic ring is 1. The van der Waals surface area contributed by atoms with E-state index >= 15 is 0 Å². The van der Waals surface area contributed by atoms with Gasteiger partial charge in [0.05, 0.1) is 33.6 Å². The van der Waals surface area contributed by atoms with Crippen LogP contribution < -0.4 is 32.6 Å². The number of imide groups is 2. The minimum atomic E-state index is -4.92. The lowest BCUT2D eigenvalue weighted by Crippen LogP contribution is -2.54. The standard InChI is InChI=1S/C42H42F3N9O7.C5H13N/c43-42(44,45)29-21-36(57)49-22-28(29)38(58)50-32-20-26(7-8-30(32)46)25-4-1-3-24(19-25)23-53-17-15-52(16-18-53)14-13-48-34(55)11-12-47-31-6-2-5-27-37(31)41(61)54(40(27)60)33-9-10-35(56)51-39(33)59;1-4-6(3)5-2/h1-8,19-22,33,47H,9-18,23,46H2,(H,48,55)(H,49,57)(H,50,58)(H,51,56,59);4-5H2,1-3H3. The maximum Gasteiger partial charge on any atom is 0.417 e. The Morgan fingerprint density at radius 1 is 0.851 bits per heavy atom. The van der Waals surface area contributed by atoms with Gasteiger partial charge in [-0.25, -0.2) is 0 Å². The Kier molecular flexibility index (Phi) is 16.3. The van der Waals surface area contributed by atoms with Gasteiger partial charge in [-0.05, 0) is 73.6 Å². The molecule has 1 atom stereocenters. The molecule has 17 nitrogen and oxygen atoms in total. The van der Waals surface area contributed by atoms with E-state index in [1.165, 1.54) is 6.07 Å². The Bertz CT molecular complexity index is 2550. The minimum Gasteiger partial charge on any atom is -0.397 e. The van der Waals surface area contributed by atoms with Crippen molar-refractivity contribution in [2.24, 2.45) is 0 Å². The summed E-state index contributed by atoms with van der Waals surface area (Å²) in [4.78, 5) is 97.3. The molecule has 1 aromatic heterocycles. The van der Waals surface area contributed by atoms with Crippen molar-refractivity contribution in [3.05, 3.63) is 111 Å². The number of amides is 6. The Labute approximate surface area is 385 Å². The van der Waals surface area contributed by atoms with Crippen LogP contribution in [0, 0.1) is 0 Å². The molecule has 4 aromatic rings. The number of rotatable bonds is 15. The third kappa shape index (κ3) is 12.5. The summed E-state index contributed by atoms with van der Waals surface area (Å²) >= 11 is 0. The van der Waals surface area contributed by atoms with E-state index in [4.69, 9.17) is 5.73 Å². The normalized spacial score (nSPS) is 16.6. The number of hydrogen-bond acceptors (Lipinski definition) is 12. The molecule has 0 spiro atoms. The van der Waals surface area contributed by atoms with Gasteiger partial charge in [-0.15, -0.1) is 0 Å². The number of hydrogen-bond donors (Lipinski definition) is 6. The molecular formula is C47H55F3N10O7. The van der Waals surface area contributed by atoms with E-state index < -0.39 is 58.4 Å². The van der Waals surface area contributed by atoms with Crippen molar-refractivity contribution >= 4 is 52.5 Å². The fraction of sp³-hybridized carbons (Fsp3) is 0.383. The predicted octanol–water partition coefficient (Wildman–Crippen LogP) is 3.99. The van der Waals surface area contributed by atoms with E-state index in [1.807, 2.05) is 24.3 Å². The van der Waals surface area contributed by atoms with Crippen molar-refractivity contribution in [1.82, 2.24) is 35.2 Å². The Hall–Kier alpha value is -6.90. The molecular weight excluding hydrogens is 874 g/mol. The number of aromatic nitrogens is 1. The van der Waals surface area contributed by atoms with E-state index in [0.29, 0.717) is 37.0 Å². The number of fused-ring (bicyclic) bond motifs is 1. The molecule has 4 heterocycles. The molecule has 0 bridgehead atoms. The SMILES string of the molecule is CCN(C)CC.Nc1ccc(-c2cccc(CN3CCN(CCNC(=O)CCNc4cccc5c4C(=O)N(C4CCC(=O)NC4=O)C5=O)CC3)c2)cc1NC(=O)c1c[nH]c(=O)cc1C(F)(F)F. The van der Waals surface area contributed by atoms with Crippen molar-refractivity contribution < 1.29 is 41.9 Å². The van der Waals surface area contributed by atoms with Gasteiger partial charge in [0.15, 0.2) is 0 Å². The van der Waals surface area contributed by atoms with Crippen molar-refractivity contribution in [3.63, 3.8) is 0 Å². The van der Waals surface area contributed by atoms with Gasteiger partial charge in [0.1, 0.15) is 6.04 Å². The summed E-state index contributed by atoms with van der Waals surface area (Å²) < 4.78 is 40.7. The molecule has 67 heavy (non-hydrogen) atoms. The van der Waals surface area contributed by atoms with Crippen LogP contribution in [-0.4, -0.2) is 132 Å². The molecule has 0 radical (unpaired) electrons. The lowest BCUT2D eigenvalue weighted by Gasteiger charge is -2.34. The summed E-state index contributed by atoms with van der Waals surface area (Å²) in [5, 5.41) is 10.6. The maximum atomic E-state index is 13.6. The average molecular weight is 929 g/mol. The fourth-order valence-electron chi connectivity index (χ4n) is 7.84. The molecule has 2 fully saturated rings. The van der Waals surface area contributed by atoms with Gasteiger partial charge in [0, 0.05) is 83.2 Å². The van der Waals surface area contributed by atoms with Crippen LogP contribution in [0.1, 0.15) is 75.3 Å². The number of nitrogens with zero attached hydrogens (tertiary/aromatic N) is 4. The number of nitrogens with two attached hydrogens (primary N) is 1. The first-order valence-electron chi connectivity index (χ1n) is 22.1. The zero-order valence-corrected chi connectivity index (χ0v) is 37.6. The second kappa shape index (κ2) is 22.1. The van der Waals surface area contributed by atoms with Crippen LogP contribution in [0.3, 0.4) is 0 Å². The van der Waals surface area contributed by atoms with Crippen molar-refractivity contribution in [1.29, 1.82) is 0 Å². The van der Waals surface area contributed by atoms with Gasteiger partial charge in [-0.2, -0.15) is 13.2 Å². The summed E-state index contributed by atoms with van der Waals surface area (Å²) in [5.74, 6) is -3.64. The summed E-state index contributed by atoms with van der Waals surface area (Å²) in [6, 6.07) is 16.7. The van der Waals surface area contributed by atoms with E-state index in [1.54, 1.807) is 30.3 Å². The molecule has 356 valence electrons. The number of nitrogens with one attached hydrogen (secondary N) is 5. The van der Waals surface area contributed by atoms with Crippen LogP contribution in [0.2, 0.25) is 0 Å². The Morgan fingerprint density at radius 3 is 2.24 bits per heavy atom. The molecule has 3 aliphatic heterocycles. The number of pyridine rings is 1. The molecule has 7 rings (SSSR count). The van der Waals surface area contributed by atoms with Gasteiger partial charge >= 0.3 is 6.18 Å². The first-order valence-corrected chi connectivity index (χ1v) is 22.1. The number of alkyl halides is 3. The number of carbonyl (C=O) groups excluding carboxylic acids is 6. The lowest BCUT2D eigenvalue weighted by atomic mass is 10.0. The van der Waals surface area contributed by atoms with Gasteiger partial charge < -0.3 is 31.6 Å². The predicted molar refractivity (Wildman–Crippen MR) is 246 cm³/mol. The van der Waals surface area contributed by atoms with E-state index in [2.05, 4.69) is 61.8 Å². The number of piperazine rings is 1. The van der Waals surface area contributed by atoms with E-state index in [0.717, 1.165) is 61.5 Å². The average Bonchev–Trinajstić information content (AvgIpc) is 3.56. The highest BCUT2D eigenvalue weighted by molar-refractivity contribution is 6.25. The highest BCUT2D eigenvalue weighted by Gasteiger charge is 2.45. The second-order valence-electron chi connectivity index (χ2n) is 16.4. The summed E-state index contributed by atoms with van der Waals surface area (Å²) in [6.07, 6.45) is -4.01. The highest BCUT2D eigenvalue weighted by atomic mass is 19.4. The van der Waals surface area contributed by atoms with Crippen LogP contribution >= 0.6 is 0 Å². The third-order valence-corrected chi connectivity index (χ3v) is 11.9. The number of piperidine rings is 1. The first kappa shape index (κ1) is 49.5. The van der Waals surface area contributed by atoms with Crippen LogP contribution in [-0.2, 0) is 27.1 Å². The smallest absolute Gasteiger partial charge is 0.397 e. The monoisotopic (exact) mass is 928 g/mol. The fourth-order valence-corrected chi connectivity index (χ4v) is 7.84. The van der Waals surface area contributed by atoms with Crippen molar-refractivity contribution in [3.8, 4) is 11.1 Å². The highest BCUT2D eigenvalue weighted by Crippen LogP contribution is 2.34. The van der Waals surface area contributed by atoms with Crippen LogP contribution in [0.4, 0.5) is 30.2 Å². The Balaban J connectivity index is 0.00000116. The number of halogens is 3. The van der Waals surface area contributed by atoms with Gasteiger partial charge in [-0.1, -0.05) is 44.2 Å². The molecule has 20 heteroatoms. The molecule has 6 amide bonds. The van der Waals surface area contributed by atoms with Gasteiger partial charge in [0.25, 0.3) is 17.7 Å². The van der Waals surface area contributed by atoms with Crippen LogP contribution in [0.25, 0.3) is 11.1 Å². The Morgan fingerprint density at radius 2 is 1.55 bits per heavy atom. The second-order valence-corrected chi connectivity index (χ2v) is 16.4. The largest absolute Gasteiger partial charge is 0.417 e. The number of anilines is 3.